The van der Waals surface area contributed by atoms with E-state index in [1.807, 2.05) is 38.1 Å². The molecule has 6 heteroatoms. The largest absolute Gasteiger partial charge is 0.344 e. The highest BCUT2D eigenvalue weighted by Gasteiger charge is 2.41. The number of aromatic amines is 1. The Morgan fingerprint density at radius 3 is 2.61 bits per heavy atom. The second-order valence-corrected chi connectivity index (χ2v) is 6.53. The predicted molar refractivity (Wildman–Crippen MR) is 88.8 cm³/mol. The van der Waals surface area contributed by atoms with Crippen LogP contribution in [0.4, 0.5) is 0 Å². The van der Waals surface area contributed by atoms with E-state index in [9.17, 15) is 9.59 Å². The number of benzene rings is 1. The second-order valence-electron chi connectivity index (χ2n) is 6.53. The molecule has 1 fully saturated rings. The Kier molecular flexibility index (Phi) is 3.85. The number of amides is 1. The summed E-state index contributed by atoms with van der Waals surface area (Å²) >= 11 is 0. The summed E-state index contributed by atoms with van der Waals surface area (Å²) in [7, 11) is 0. The summed E-state index contributed by atoms with van der Waals surface area (Å²) in [6, 6.07) is 8.83. The van der Waals surface area contributed by atoms with Crippen molar-refractivity contribution < 1.29 is 4.79 Å². The molecular weight excluding hydrogens is 292 g/mol. The fraction of sp³-hybridized carbons (Fsp3) is 0.412. The van der Waals surface area contributed by atoms with Crippen LogP contribution in [0.3, 0.4) is 0 Å². The molecule has 2 aromatic rings. The highest BCUT2D eigenvalue weighted by Crippen LogP contribution is 2.39. The molecule has 0 aliphatic heterocycles. The SMILES string of the molecule is Cc1ccc(-n2[nH]c(C(=O)NC(C)(CN)C3CC3)cc2=O)cc1. The van der Waals surface area contributed by atoms with Crippen LogP contribution in [0, 0.1) is 12.8 Å². The van der Waals surface area contributed by atoms with E-state index in [1.165, 1.54) is 10.7 Å². The third-order valence-corrected chi connectivity index (χ3v) is 4.56. The maximum atomic E-state index is 12.5. The van der Waals surface area contributed by atoms with Gasteiger partial charge in [-0.3, -0.25) is 14.7 Å². The van der Waals surface area contributed by atoms with Crippen molar-refractivity contribution in [3.8, 4) is 5.69 Å². The van der Waals surface area contributed by atoms with Gasteiger partial charge in [-0.15, -0.1) is 0 Å². The second kappa shape index (κ2) is 5.70. The van der Waals surface area contributed by atoms with Crippen molar-refractivity contribution in [2.24, 2.45) is 11.7 Å². The zero-order valence-electron chi connectivity index (χ0n) is 13.4. The first-order valence-corrected chi connectivity index (χ1v) is 7.84. The van der Waals surface area contributed by atoms with Gasteiger partial charge in [0.15, 0.2) is 0 Å². The summed E-state index contributed by atoms with van der Waals surface area (Å²) in [5.74, 6) is 0.121. The molecular formula is C17H22N4O2. The first-order valence-electron chi connectivity index (χ1n) is 7.84. The summed E-state index contributed by atoms with van der Waals surface area (Å²) < 4.78 is 1.37. The van der Waals surface area contributed by atoms with Crippen molar-refractivity contribution >= 4 is 5.91 Å². The number of carbonyl (C=O) groups is 1. The van der Waals surface area contributed by atoms with Gasteiger partial charge in [0.1, 0.15) is 5.69 Å². The third-order valence-electron chi connectivity index (χ3n) is 4.56. The quantitative estimate of drug-likeness (QED) is 0.777. The number of rotatable bonds is 5. The van der Waals surface area contributed by atoms with Gasteiger partial charge in [-0.2, -0.15) is 0 Å². The summed E-state index contributed by atoms with van der Waals surface area (Å²) in [5.41, 5.74) is 7.19. The number of hydrogen-bond acceptors (Lipinski definition) is 3. The highest BCUT2D eigenvalue weighted by molar-refractivity contribution is 5.92. The Bertz CT molecular complexity index is 771. The Morgan fingerprint density at radius 2 is 2.04 bits per heavy atom. The number of nitrogens with two attached hydrogens (primary N) is 1. The van der Waals surface area contributed by atoms with Crippen molar-refractivity contribution in [2.45, 2.75) is 32.2 Å². The molecule has 1 aromatic carbocycles. The minimum Gasteiger partial charge on any atom is -0.344 e. The normalized spacial score (nSPS) is 16.8. The van der Waals surface area contributed by atoms with Crippen molar-refractivity contribution in [2.75, 3.05) is 6.54 Å². The van der Waals surface area contributed by atoms with E-state index in [0.717, 1.165) is 18.4 Å². The molecule has 0 spiro atoms. The van der Waals surface area contributed by atoms with E-state index in [0.29, 0.717) is 18.2 Å². The first-order chi connectivity index (χ1) is 10.9. The lowest BCUT2D eigenvalue weighted by atomic mass is 9.96. The van der Waals surface area contributed by atoms with Crippen molar-refractivity contribution in [1.82, 2.24) is 15.1 Å². The van der Waals surface area contributed by atoms with Gasteiger partial charge in [-0.1, -0.05) is 17.7 Å². The lowest BCUT2D eigenvalue weighted by Gasteiger charge is -2.29. The zero-order valence-corrected chi connectivity index (χ0v) is 13.4. The minimum atomic E-state index is -0.417. The van der Waals surface area contributed by atoms with Gasteiger partial charge in [-0.25, -0.2) is 4.68 Å². The molecule has 122 valence electrons. The molecule has 1 heterocycles. The molecule has 1 atom stereocenters. The minimum absolute atomic E-state index is 0.246. The van der Waals surface area contributed by atoms with Crippen LogP contribution < -0.4 is 16.6 Å². The fourth-order valence-electron chi connectivity index (χ4n) is 2.76. The zero-order chi connectivity index (χ0) is 16.6. The number of hydrogen-bond donors (Lipinski definition) is 3. The molecule has 6 nitrogen and oxygen atoms in total. The number of aromatic nitrogens is 2. The van der Waals surface area contributed by atoms with Crippen LogP contribution in [0.5, 0.6) is 0 Å². The maximum absolute atomic E-state index is 12.5. The number of nitrogens with zero attached hydrogens (tertiary/aromatic N) is 1. The Morgan fingerprint density at radius 1 is 1.39 bits per heavy atom. The lowest BCUT2D eigenvalue weighted by molar-refractivity contribution is 0.0892. The molecule has 0 saturated heterocycles. The van der Waals surface area contributed by atoms with Crippen LogP contribution >= 0.6 is 0 Å². The van der Waals surface area contributed by atoms with Gasteiger partial charge in [0.2, 0.25) is 0 Å². The fourth-order valence-corrected chi connectivity index (χ4v) is 2.76. The van der Waals surface area contributed by atoms with E-state index in [-0.39, 0.29) is 17.2 Å². The number of H-pyrrole nitrogens is 1. The summed E-state index contributed by atoms with van der Waals surface area (Å²) in [4.78, 5) is 24.6. The summed E-state index contributed by atoms with van der Waals surface area (Å²) in [6.07, 6.45) is 2.16. The first kappa shape index (κ1) is 15.6. The molecule has 0 radical (unpaired) electrons. The van der Waals surface area contributed by atoms with Crippen LogP contribution in [0.25, 0.3) is 5.69 Å². The van der Waals surface area contributed by atoms with Crippen LogP contribution in [-0.2, 0) is 0 Å². The highest BCUT2D eigenvalue weighted by atomic mass is 16.2. The average Bonchev–Trinajstić information content (AvgIpc) is 3.32. The van der Waals surface area contributed by atoms with Crippen LogP contribution in [0.1, 0.15) is 35.8 Å². The molecule has 1 aromatic heterocycles. The van der Waals surface area contributed by atoms with E-state index >= 15 is 0 Å². The summed E-state index contributed by atoms with van der Waals surface area (Å²) in [5, 5.41) is 5.85. The number of aryl methyl sites for hydroxylation is 1. The molecule has 23 heavy (non-hydrogen) atoms. The van der Waals surface area contributed by atoms with Gasteiger partial charge in [0, 0.05) is 12.6 Å². The van der Waals surface area contributed by atoms with Crippen LogP contribution in [0.15, 0.2) is 35.1 Å². The van der Waals surface area contributed by atoms with E-state index in [1.54, 1.807) is 0 Å². The smallest absolute Gasteiger partial charge is 0.271 e. The van der Waals surface area contributed by atoms with Crippen molar-refractivity contribution in [3.63, 3.8) is 0 Å². The van der Waals surface area contributed by atoms with Gasteiger partial charge < -0.3 is 11.1 Å². The van der Waals surface area contributed by atoms with E-state index in [2.05, 4.69) is 10.4 Å². The number of nitrogens with one attached hydrogen (secondary N) is 2. The predicted octanol–water partition coefficient (Wildman–Crippen LogP) is 1.33. The molecule has 1 unspecified atom stereocenters. The standard InChI is InChI=1S/C17H22N4O2/c1-11-3-7-13(8-4-11)21-15(22)9-14(20-21)16(23)19-17(2,10-18)12-5-6-12/h3-4,7-9,12,20H,5-6,10,18H2,1-2H3,(H,19,23). The number of carbonyl (C=O) groups excluding carboxylic acids is 1. The lowest BCUT2D eigenvalue weighted by Crippen LogP contribution is -2.53. The molecule has 1 aliphatic rings. The summed E-state index contributed by atoms with van der Waals surface area (Å²) in [6.45, 7) is 4.32. The third kappa shape index (κ3) is 3.07. The molecule has 1 saturated carbocycles. The Hall–Kier alpha value is -2.34. The monoisotopic (exact) mass is 314 g/mol. The van der Waals surface area contributed by atoms with E-state index in [4.69, 9.17) is 5.73 Å². The van der Waals surface area contributed by atoms with Gasteiger partial charge in [0.05, 0.1) is 11.2 Å². The Labute approximate surface area is 134 Å². The molecule has 1 amide bonds. The molecule has 0 bridgehead atoms. The molecule has 4 N–H and O–H groups in total. The molecule has 3 rings (SSSR count). The van der Waals surface area contributed by atoms with Gasteiger partial charge >= 0.3 is 0 Å². The van der Waals surface area contributed by atoms with Crippen LogP contribution in [0.2, 0.25) is 0 Å². The van der Waals surface area contributed by atoms with Crippen molar-refractivity contribution in [3.05, 3.63) is 51.9 Å². The van der Waals surface area contributed by atoms with Crippen molar-refractivity contribution in [1.29, 1.82) is 0 Å². The maximum Gasteiger partial charge on any atom is 0.271 e. The van der Waals surface area contributed by atoms with Gasteiger partial charge in [-0.05, 0) is 44.7 Å². The van der Waals surface area contributed by atoms with Crippen LogP contribution in [-0.4, -0.2) is 27.8 Å². The Balaban J connectivity index is 1.84. The van der Waals surface area contributed by atoms with Gasteiger partial charge in [0.25, 0.3) is 11.5 Å². The molecule has 1 aliphatic carbocycles. The topological polar surface area (TPSA) is 92.9 Å². The van der Waals surface area contributed by atoms with E-state index < -0.39 is 5.54 Å². The average molecular weight is 314 g/mol.